The molecule has 0 saturated carbocycles. The lowest BCUT2D eigenvalue weighted by molar-refractivity contribution is 0.101. The van der Waals surface area contributed by atoms with E-state index in [1.165, 1.54) is 4.68 Å². The van der Waals surface area contributed by atoms with Crippen LogP contribution in [0.3, 0.4) is 0 Å². The Morgan fingerprint density at radius 3 is 2.77 bits per heavy atom. The quantitative estimate of drug-likeness (QED) is 0.884. The highest BCUT2D eigenvalue weighted by Gasteiger charge is 2.35. The van der Waals surface area contributed by atoms with E-state index in [1.54, 1.807) is 0 Å². The Kier molecular flexibility index (Phi) is 4.06. The molecule has 1 unspecified atom stereocenters. The number of anilines is 1. The van der Waals surface area contributed by atoms with Gasteiger partial charge in [-0.2, -0.15) is 5.10 Å². The first-order valence-corrected chi connectivity index (χ1v) is 10.2. The van der Waals surface area contributed by atoms with E-state index in [9.17, 15) is 22.0 Å². The highest BCUT2D eigenvalue weighted by Crippen LogP contribution is 2.32. The largest absolute Gasteiger partial charge is 0.318 e. The maximum atomic E-state index is 13.9. The molecule has 9 heteroatoms. The Labute approximate surface area is 149 Å². The van der Waals surface area contributed by atoms with Crippen LogP contribution in [0.25, 0.3) is 0 Å². The highest BCUT2D eigenvalue weighted by molar-refractivity contribution is 7.91. The molecule has 1 atom stereocenters. The number of hydrogen-bond donors (Lipinski definition) is 1. The number of benzene rings is 1. The van der Waals surface area contributed by atoms with Gasteiger partial charge in [-0.3, -0.25) is 9.48 Å². The van der Waals surface area contributed by atoms with Crippen molar-refractivity contribution in [3.63, 3.8) is 0 Å². The summed E-state index contributed by atoms with van der Waals surface area (Å²) in [5.74, 6) is -2.16. The van der Waals surface area contributed by atoms with Crippen LogP contribution in [-0.2, 0) is 22.7 Å². The molecular weight excluding hydrogens is 364 g/mol. The predicted molar refractivity (Wildman–Crippen MR) is 90.9 cm³/mol. The van der Waals surface area contributed by atoms with Crippen LogP contribution in [0.4, 0.5) is 14.5 Å². The molecule has 1 fully saturated rings. The molecule has 1 aliphatic heterocycles. The number of rotatable bonds is 3. The molecular formula is C17H17F2N3O3S. The van der Waals surface area contributed by atoms with Gasteiger partial charge in [-0.15, -0.1) is 0 Å². The van der Waals surface area contributed by atoms with Gasteiger partial charge < -0.3 is 5.32 Å². The second kappa shape index (κ2) is 6.15. The predicted octanol–water partition coefficient (Wildman–Crippen LogP) is 2.26. The third-order valence-electron chi connectivity index (χ3n) is 4.88. The standard InChI is InChI=1S/C17H17F2N3O3S/c18-10-4-5-15(13(19)8-10)20-17(23)16-12-2-1-3-14(12)21-22(16)11-6-7-26(24,25)9-11/h4-5,8,11H,1-3,6-7,9H2,(H,20,23). The van der Waals surface area contributed by atoms with Crippen molar-refractivity contribution in [3.8, 4) is 0 Å². The fourth-order valence-corrected chi connectivity index (χ4v) is 5.35. The maximum absolute atomic E-state index is 13.9. The smallest absolute Gasteiger partial charge is 0.274 e. The SMILES string of the molecule is O=C(Nc1ccc(F)cc1F)c1c2c(nn1C1CCS(=O)(=O)C1)CCC2. The number of amides is 1. The summed E-state index contributed by atoms with van der Waals surface area (Å²) in [6, 6.07) is 2.51. The van der Waals surface area contributed by atoms with Gasteiger partial charge in [0.15, 0.2) is 9.84 Å². The molecule has 2 aromatic rings. The van der Waals surface area contributed by atoms with E-state index in [0.717, 1.165) is 36.2 Å². The van der Waals surface area contributed by atoms with Gasteiger partial charge in [-0.25, -0.2) is 17.2 Å². The molecule has 4 rings (SSSR count). The normalized spacial score (nSPS) is 20.9. The molecule has 1 saturated heterocycles. The Balaban J connectivity index is 1.70. The Bertz CT molecular complexity index is 1000. The topological polar surface area (TPSA) is 81.1 Å². The van der Waals surface area contributed by atoms with E-state index < -0.39 is 33.4 Å². The van der Waals surface area contributed by atoms with E-state index >= 15 is 0 Å². The third-order valence-corrected chi connectivity index (χ3v) is 6.63. The molecule has 0 spiro atoms. The minimum Gasteiger partial charge on any atom is -0.318 e. The van der Waals surface area contributed by atoms with Crippen LogP contribution >= 0.6 is 0 Å². The van der Waals surface area contributed by atoms with Crippen molar-refractivity contribution in [1.82, 2.24) is 9.78 Å². The number of nitrogens with one attached hydrogen (secondary N) is 1. The number of hydrogen-bond acceptors (Lipinski definition) is 4. The van der Waals surface area contributed by atoms with Gasteiger partial charge in [0.2, 0.25) is 0 Å². The minimum atomic E-state index is -3.14. The van der Waals surface area contributed by atoms with Crippen molar-refractivity contribution in [2.24, 2.45) is 0 Å². The molecule has 1 N–H and O–H groups in total. The molecule has 1 aliphatic carbocycles. The van der Waals surface area contributed by atoms with Gasteiger partial charge in [0.1, 0.15) is 17.3 Å². The molecule has 0 bridgehead atoms. The van der Waals surface area contributed by atoms with E-state index in [4.69, 9.17) is 0 Å². The van der Waals surface area contributed by atoms with Gasteiger partial charge in [0, 0.05) is 11.6 Å². The fourth-order valence-electron chi connectivity index (χ4n) is 3.66. The van der Waals surface area contributed by atoms with E-state index in [0.29, 0.717) is 18.9 Å². The van der Waals surface area contributed by atoms with Crippen LogP contribution in [0.15, 0.2) is 18.2 Å². The number of halogens is 2. The molecule has 138 valence electrons. The first-order chi connectivity index (χ1) is 12.3. The van der Waals surface area contributed by atoms with Crippen molar-refractivity contribution in [1.29, 1.82) is 0 Å². The van der Waals surface area contributed by atoms with Crippen LogP contribution in [0.2, 0.25) is 0 Å². The zero-order chi connectivity index (χ0) is 18.5. The first kappa shape index (κ1) is 17.1. The van der Waals surface area contributed by atoms with Gasteiger partial charge in [0.05, 0.1) is 28.9 Å². The second-order valence-corrected chi connectivity index (χ2v) is 8.94. The summed E-state index contributed by atoms with van der Waals surface area (Å²) in [6.45, 7) is 0. The number of aromatic nitrogens is 2. The summed E-state index contributed by atoms with van der Waals surface area (Å²) in [7, 11) is -3.14. The summed E-state index contributed by atoms with van der Waals surface area (Å²) < 4.78 is 52.0. The van der Waals surface area contributed by atoms with Crippen molar-refractivity contribution < 1.29 is 22.0 Å². The van der Waals surface area contributed by atoms with Crippen molar-refractivity contribution in [2.75, 3.05) is 16.8 Å². The van der Waals surface area contributed by atoms with E-state index in [2.05, 4.69) is 10.4 Å². The first-order valence-electron chi connectivity index (χ1n) is 8.41. The maximum Gasteiger partial charge on any atom is 0.274 e. The number of sulfone groups is 1. The lowest BCUT2D eigenvalue weighted by Crippen LogP contribution is -2.23. The second-order valence-electron chi connectivity index (χ2n) is 6.71. The Hall–Kier alpha value is -2.29. The number of aryl methyl sites for hydroxylation is 1. The lowest BCUT2D eigenvalue weighted by atomic mass is 10.1. The van der Waals surface area contributed by atoms with Crippen molar-refractivity contribution >= 4 is 21.4 Å². The summed E-state index contributed by atoms with van der Waals surface area (Å²) in [5.41, 5.74) is 1.73. The van der Waals surface area contributed by atoms with Gasteiger partial charge in [-0.1, -0.05) is 0 Å². The van der Waals surface area contributed by atoms with Crippen LogP contribution in [-0.4, -0.2) is 35.6 Å². The number of carbonyl (C=O) groups excluding carboxylic acids is 1. The Morgan fingerprint density at radius 1 is 1.27 bits per heavy atom. The molecule has 2 heterocycles. The number of fused-ring (bicyclic) bond motifs is 1. The minimum absolute atomic E-state index is 0.0568. The van der Waals surface area contributed by atoms with Crippen LogP contribution in [0, 0.1) is 11.6 Å². The summed E-state index contributed by atoms with van der Waals surface area (Å²) in [6.07, 6.45) is 2.66. The molecule has 26 heavy (non-hydrogen) atoms. The molecule has 0 radical (unpaired) electrons. The average Bonchev–Trinajstić information content (AvgIpc) is 3.23. The zero-order valence-electron chi connectivity index (χ0n) is 13.8. The summed E-state index contributed by atoms with van der Waals surface area (Å²) in [4.78, 5) is 12.8. The summed E-state index contributed by atoms with van der Waals surface area (Å²) in [5, 5.41) is 6.94. The third kappa shape index (κ3) is 3.00. The van der Waals surface area contributed by atoms with Crippen molar-refractivity contribution in [2.45, 2.75) is 31.7 Å². The summed E-state index contributed by atoms with van der Waals surface area (Å²) >= 11 is 0. The molecule has 6 nitrogen and oxygen atoms in total. The van der Waals surface area contributed by atoms with Gasteiger partial charge in [0.25, 0.3) is 5.91 Å². The van der Waals surface area contributed by atoms with Crippen LogP contribution in [0.5, 0.6) is 0 Å². The lowest BCUT2D eigenvalue weighted by Gasteiger charge is -2.15. The van der Waals surface area contributed by atoms with Gasteiger partial charge >= 0.3 is 0 Å². The van der Waals surface area contributed by atoms with Gasteiger partial charge in [-0.05, 0) is 37.8 Å². The zero-order valence-corrected chi connectivity index (χ0v) is 14.7. The van der Waals surface area contributed by atoms with Crippen LogP contribution < -0.4 is 5.32 Å². The van der Waals surface area contributed by atoms with Crippen LogP contribution in [0.1, 0.15) is 40.6 Å². The molecule has 1 aromatic carbocycles. The number of carbonyl (C=O) groups is 1. The Morgan fingerprint density at radius 2 is 2.08 bits per heavy atom. The van der Waals surface area contributed by atoms with E-state index in [1.807, 2.05) is 0 Å². The highest BCUT2D eigenvalue weighted by atomic mass is 32.2. The molecule has 1 aromatic heterocycles. The average molecular weight is 381 g/mol. The molecule has 1 amide bonds. The fraction of sp³-hybridized carbons (Fsp3) is 0.412. The number of nitrogens with zero attached hydrogens (tertiary/aromatic N) is 2. The monoisotopic (exact) mass is 381 g/mol. The molecule has 2 aliphatic rings. The van der Waals surface area contributed by atoms with Crippen molar-refractivity contribution in [3.05, 3.63) is 46.8 Å². The van der Waals surface area contributed by atoms with E-state index in [-0.39, 0.29) is 22.9 Å².